The summed E-state index contributed by atoms with van der Waals surface area (Å²) < 4.78 is 9.64. The van der Waals surface area contributed by atoms with Crippen LogP contribution in [0.3, 0.4) is 0 Å². The first kappa shape index (κ1) is 11.9. The van der Waals surface area contributed by atoms with Crippen LogP contribution >= 0.6 is 0 Å². The third-order valence-electron chi connectivity index (χ3n) is 2.20. The first-order chi connectivity index (χ1) is 7.04. The van der Waals surface area contributed by atoms with Crippen LogP contribution in [0.2, 0.25) is 0 Å². The summed E-state index contributed by atoms with van der Waals surface area (Å²) in [5.41, 5.74) is -2.04. The van der Waals surface area contributed by atoms with Gasteiger partial charge in [0.15, 0.2) is 0 Å². The molecule has 6 nitrogen and oxygen atoms in total. The molecule has 1 amide bonds. The molecule has 15 heavy (non-hydrogen) atoms. The lowest BCUT2D eigenvalue weighted by atomic mass is 10.1. The molecule has 0 spiro atoms. The van der Waals surface area contributed by atoms with Crippen LogP contribution in [0.15, 0.2) is 0 Å². The van der Waals surface area contributed by atoms with Crippen molar-refractivity contribution in [3.63, 3.8) is 0 Å². The van der Waals surface area contributed by atoms with E-state index in [0.29, 0.717) is 6.42 Å². The SMILES string of the molecule is CCCOC(=O)[C@@]1(O)NC(=O)CC1OC. The third-order valence-corrected chi connectivity index (χ3v) is 2.20. The van der Waals surface area contributed by atoms with Gasteiger partial charge in [0.1, 0.15) is 6.10 Å². The highest BCUT2D eigenvalue weighted by molar-refractivity contribution is 5.91. The van der Waals surface area contributed by atoms with Gasteiger partial charge in [-0.05, 0) is 6.42 Å². The maximum atomic E-state index is 11.5. The lowest BCUT2D eigenvalue weighted by Crippen LogP contribution is -2.56. The Morgan fingerprint density at radius 3 is 2.93 bits per heavy atom. The predicted octanol–water partition coefficient (Wildman–Crippen LogP) is -0.837. The monoisotopic (exact) mass is 217 g/mol. The number of aliphatic hydroxyl groups is 1. The van der Waals surface area contributed by atoms with Gasteiger partial charge in [-0.1, -0.05) is 6.92 Å². The average molecular weight is 217 g/mol. The number of ether oxygens (including phenoxy) is 2. The second-order valence-corrected chi connectivity index (χ2v) is 3.38. The Morgan fingerprint density at radius 2 is 2.40 bits per heavy atom. The Labute approximate surface area is 87.5 Å². The van der Waals surface area contributed by atoms with Gasteiger partial charge in [-0.15, -0.1) is 0 Å². The van der Waals surface area contributed by atoms with Gasteiger partial charge < -0.3 is 19.9 Å². The minimum atomic E-state index is -2.04. The smallest absolute Gasteiger partial charge is 0.362 e. The fourth-order valence-electron chi connectivity index (χ4n) is 1.40. The molecule has 6 heteroatoms. The molecule has 0 aromatic heterocycles. The molecule has 1 unspecified atom stereocenters. The molecule has 0 bridgehead atoms. The van der Waals surface area contributed by atoms with Crippen LogP contribution in [0.5, 0.6) is 0 Å². The van der Waals surface area contributed by atoms with Crippen molar-refractivity contribution in [1.29, 1.82) is 0 Å². The summed E-state index contributed by atoms with van der Waals surface area (Å²) in [6, 6.07) is 0. The van der Waals surface area contributed by atoms with E-state index < -0.39 is 23.7 Å². The zero-order chi connectivity index (χ0) is 11.5. The first-order valence-corrected chi connectivity index (χ1v) is 4.78. The molecule has 1 rings (SSSR count). The highest BCUT2D eigenvalue weighted by Crippen LogP contribution is 2.22. The van der Waals surface area contributed by atoms with E-state index in [2.05, 4.69) is 5.32 Å². The minimum Gasteiger partial charge on any atom is -0.462 e. The summed E-state index contributed by atoms with van der Waals surface area (Å²) in [6.07, 6.45) is -0.295. The second-order valence-electron chi connectivity index (χ2n) is 3.38. The summed E-state index contributed by atoms with van der Waals surface area (Å²) in [5, 5.41) is 12.0. The van der Waals surface area contributed by atoms with Gasteiger partial charge in [-0.3, -0.25) is 4.79 Å². The summed E-state index contributed by atoms with van der Waals surface area (Å²) in [4.78, 5) is 22.5. The molecule has 1 fully saturated rings. The normalized spacial score (nSPS) is 30.1. The topological polar surface area (TPSA) is 84.9 Å². The highest BCUT2D eigenvalue weighted by atomic mass is 16.6. The number of carbonyl (C=O) groups excluding carboxylic acids is 2. The molecule has 0 aromatic carbocycles. The van der Waals surface area contributed by atoms with E-state index in [1.54, 1.807) is 0 Å². The van der Waals surface area contributed by atoms with Gasteiger partial charge in [0, 0.05) is 7.11 Å². The largest absolute Gasteiger partial charge is 0.462 e. The number of amides is 1. The van der Waals surface area contributed by atoms with Crippen LogP contribution in [0.1, 0.15) is 19.8 Å². The van der Waals surface area contributed by atoms with Crippen molar-refractivity contribution < 1.29 is 24.2 Å². The van der Waals surface area contributed by atoms with Crippen molar-refractivity contribution >= 4 is 11.9 Å². The molecule has 1 heterocycles. The molecule has 2 N–H and O–H groups in total. The predicted molar refractivity (Wildman–Crippen MR) is 49.8 cm³/mol. The first-order valence-electron chi connectivity index (χ1n) is 4.78. The van der Waals surface area contributed by atoms with Crippen molar-refractivity contribution in [2.24, 2.45) is 0 Å². The Kier molecular flexibility index (Phi) is 3.65. The molecule has 0 aliphatic carbocycles. The van der Waals surface area contributed by atoms with Gasteiger partial charge in [0.2, 0.25) is 5.91 Å². The van der Waals surface area contributed by atoms with E-state index in [-0.39, 0.29) is 13.0 Å². The molecule has 1 aliphatic heterocycles. The van der Waals surface area contributed by atoms with Gasteiger partial charge in [-0.2, -0.15) is 0 Å². The molecular weight excluding hydrogens is 202 g/mol. The van der Waals surface area contributed by atoms with Crippen molar-refractivity contribution in [2.75, 3.05) is 13.7 Å². The van der Waals surface area contributed by atoms with E-state index in [1.165, 1.54) is 7.11 Å². The van der Waals surface area contributed by atoms with Gasteiger partial charge >= 0.3 is 5.97 Å². The van der Waals surface area contributed by atoms with Crippen molar-refractivity contribution in [1.82, 2.24) is 5.32 Å². The summed E-state index contributed by atoms with van der Waals surface area (Å²) in [7, 11) is 1.32. The number of nitrogens with one attached hydrogen (secondary N) is 1. The van der Waals surface area contributed by atoms with Crippen LogP contribution in [0.4, 0.5) is 0 Å². The maximum Gasteiger partial charge on any atom is 0.362 e. The lowest BCUT2D eigenvalue weighted by molar-refractivity contribution is -0.181. The van der Waals surface area contributed by atoms with Crippen molar-refractivity contribution in [2.45, 2.75) is 31.6 Å². The summed E-state index contributed by atoms with van der Waals surface area (Å²) in [6.45, 7) is 2.03. The average Bonchev–Trinajstić information content (AvgIpc) is 2.51. The minimum absolute atomic E-state index is 0.0474. The van der Waals surface area contributed by atoms with Crippen LogP contribution in [0, 0.1) is 0 Å². The summed E-state index contributed by atoms with van der Waals surface area (Å²) >= 11 is 0. The Hall–Kier alpha value is -1.14. The fourth-order valence-corrected chi connectivity index (χ4v) is 1.40. The van der Waals surface area contributed by atoms with Crippen molar-refractivity contribution in [3.05, 3.63) is 0 Å². The Morgan fingerprint density at radius 1 is 1.73 bits per heavy atom. The number of carbonyl (C=O) groups is 2. The summed E-state index contributed by atoms with van der Waals surface area (Å²) in [5.74, 6) is -1.31. The molecule has 1 aliphatic rings. The van der Waals surface area contributed by atoms with E-state index in [1.807, 2.05) is 6.92 Å². The molecule has 0 saturated carbocycles. The standard InChI is InChI=1S/C9H15NO5/c1-3-4-15-8(12)9(13)6(14-2)5-7(11)10-9/h6,13H,3-5H2,1-2H3,(H,10,11)/t6?,9-/m1/s1. The molecular formula is C9H15NO5. The second kappa shape index (κ2) is 4.59. The molecule has 1 saturated heterocycles. The van der Waals surface area contributed by atoms with E-state index >= 15 is 0 Å². The van der Waals surface area contributed by atoms with E-state index in [0.717, 1.165) is 0 Å². The zero-order valence-electron chi connectivity index (χ0n) is 8.78. The Bertz CT molecular complexity index is 267. The van der Waals surface area contributed by atoms with Crippen LogP contribution < -0.4 is 5.32 Å². The number of methoxy groups -OCH3 is 1. The van der Waals surface area contributed by atoms with Gasteiger partial charge in [-0.25, -0.2) is 4.79 Å². The molecule has 0 radical (unpaired) electrons. The molecule has 0 aromatic rings. The number of rotatable bonds is 4. The van der Waals surface area contributed by atoms with E-state index in [4.69, 9.17) is 9.47 Å². The van der Waals surface area contributed by atoms with Crippen LogP contribution in [0.25, 0.3) is 0 Å². The lowest BCUT2D eigenvalue weighted by Gasteiger charge is -2.25. The highest BCUT2D eigenvalue weighted by Gasteiger charge is 2.53. The Balaban J connectivity index is 2.71. The number of esters is 1. The molecule has 86 valence electrons. The fraction of sp³-hybridized carbons (Fsp3) is 0.778. The third kappa shape index (κ3) is 2.27. The zero-order valence-corrected chi connectivity index (χ0v) is 8.78. The van der Waals surface area contributed by atoms with Crippen molar-refractivity contribution in [3.8, 4) is 0 Å². The number of hydrogen-bond donors (Lipinski definition) is 2. The van der Waals surface area contributed by atoms with Crippen LogP contribution in [-0.2, 0) is 19.1 Å². The van der Waals surface area contributed by atoms with E-state index in [9.17, 15) is 14.7 Å². The van der Waals surface area contributed by atoms with Gasteiger partial charge in [0.25, 0.3) is 5.72 Å². The quantitative estimate of drug-likeness (QED) is 0.600. The molecule has 2 atom stereocenters. The van der Waals surface area contributed by atoms with Gasteiger partial charge in [0.05, 0.1) is 13.0 Å². The maximum absolute atomic E-state index is 11.5. The number of hydrogen-bond acceptors (Lipinski definition) is 5. The van der Waals surface area contributed by atoms with Crippen LogP contribution in [-0.4, -0.2) is 42.5 Å².